The highest BCUT2D eigenvalue weighted by Gasteiger charge is 2.21. The second-order valence-electron chi connectivity index (χ2n) is 5.66. The van der Waals surface area contributed by atoms with Gasteiger partial charge in [0.2, 0.25) is 0 Å². The number of ether oxygens (including phenoxy) is 1. The molecule has 2 N–H and O–H groups in total. The summed E-state index contributed by atoms with van der Waals surface area (Å²) in [6, 6.07) is -0.234. The molecule has 0 spiro atoms. The van der Waals surface area contributed by atoms with E-state index >= 15 is 0 Å². The number of thiazole rings is 1. The smallest absolute Gasteiger partial charge is 0.315 e. The predicted molar refractivity (Wildman–Crippen MR) is 84.4 cm³/mol. The average molecular weight is 311 g/mol. The van der Waals surface area contributed by atoms with Crippen LogP contribution >= 0.6 is 11.3 Å². The molecule has 2 rings (SSSR count). The zero-order valence-electron chi connectivity index (χ0n) is 12.8. The minimum atomic E-state index is -0.169. The van der Waals surface area contributed by atoms with E-state index in [4.69, 9.17) is 4.74 Å². The maximum absolute atomic E-state index is 11.8. The van der Waals surface area contributed by atoms with E-state index in [-0.39, 0.29) is 12.1 Å². The highest BCUT2D eigenvalue weighted by atomic mass is 32.1. The van der Waals surface area contributed by atoms with Crippen LogP contribution in [0.3, 0.4) is 0 Å². The molecule has 1 aliphatic carbocycles. The van der Waals surface area contributed by atoms with Gasteiger partial charge in [-0.15, -0.1) is 11.3 Å². The molecule has 1 aliphatic rings. The summed E-state index contributed by atoms with van der Waals surface area (Å²) in [5, 5.41) is 8.53. The first-order valence-corrected chi connectivity index (χ1v) is 8.60. The van der Waals surface area contributed by atoms with Crippen LogP contribution in [-0.2, 0) is 4.74 Å². The van der Waals surface area contributed by atoms with Gasteiger partial charge in [0, 0.05) is 18.1 Å². The second-order valence-corrected chi connectivity index (χ2v) is 6.59. The van der Waals surface area contributed by atoms with Gasteiger partial charge in [-0.25, -0.2) is 9.78 Å². The van der Waals surface area contributed by atoms with Crippen LogP contribution in [0.2, 0.25) is 0 Å². The van der Waals surface area contributed by atoms with E-state index in [1.807, 2.05) is 12.3 Å². The summed E-state index contributed by atoms with van der Waals surface area (Å²) in [5.41, 5.74) is 0. The Morgan fingerprint density at radius 1 is 1.52 bits per heavy atom. The van der Waals surface area contributed by atoms with Crippen molar-refractivity contribution in [1.29, 1.82) is 0 Å². The fraction of sp³-hybridized carbons (Fsp3) is 0.733. The lowest BCUT2D eigenvalue weighted by molar-refractivity contribution is -0.00244. The summed E-state index contributed by atoms with van der Waals surface area (Å²) >= 11 is 1.54. The number of nitrogens with zero attached hydrogens (tertiary/aromatic N) is 1. The average Bonchev–Trinajstić information content (AvgIpc) is 2.99. The van der Waals surface area contributed by atoms with Crippen LogP contribution < -0.4 is 10.6 Å². The SMILES string of the molecule is C[C@H](NC(=O)NCCO[C@@H]1CCCC[C@@H]1C)c1nccs1. The Kier molecular flexibility index (Phi) is 6.45. The van der Waals surface area contributed by atoms with E-state index in [9.17, 15) is 4.79 Å². The van der Waals surface area contributed by atoms with Crippen LogP contribution in [-0.4, -0.2) is 30.3 Å². The molecule has 0 aromatic carbocycles. The van der Waals surface area contributed by atoms with Gasteiger partial charge in [0.25, 0.3) is 0 Å². The van der Waals surface area contributed by atoms with Gasteiger partial charge in [-0.3, -0.25) is 0 Å². The number of nitrogens with one attached hydrogen (secondary N) is 2. The van der Waals surface area contributed by atoms with Crippen molar-refractivity contribution in [2.45, 2.75) is 51.7 Å². The molecule has 0 aliphatic heterocycles. The molecule has 0 bridgehead atoms. The van der Waals surface area contributed by atoms with E-state index in [1.54, 1.807) is 17.5 Å². The standard InChI is InChI=1S/C15H25N3O2S/c1-11-5-3-4-6-13(11)20-9-7-17-15(19)18-12(2)14-16-8-10-21-14/h8,10-13H,3-7,9H2,1-2H3,(H2,17,18,19)/t11-,12-,13+/m0/s1. The molecule has 21 heavy (non-hydrogen) atoms. The number of rotatable bonds is 6. The summed E-state index contributed by atoms with van der Waals surface area (Å²) in [6.07, 6.45) is 7.08. The molecule has 118 valence electrons. The molecule has 2 amide bonds. The van der Waals surface area contributed by atoms with E-state index in [2.05, 4.69) is 22.5 Å². The fourth-order valence-corrected chi connectivity index (χ4v) is 3.31. The molecule has 0 saturated heterocycles. The maximum atomic E-state index is 11.8. The maximum Gasteiger partial charge on any atom is 0.315 e. The van der Waals surface area contributed by atoms with Crippen molar-refractivity contribution in [2.75, 3.05) is 13.2 Å². The number of hydrogen-bond donors (Lipinski definition) is 2. The molecular formula is C15H25N3O2S. The van der Waals surface area contributed by atoms with E-state index < -0.39 is 0 Å². The molecule has 0 radical (unpaired) electrons. The Morgan fingerprint density at radius 2 is 2.33 bits per heavy atom. The minimum absolute atomic E-state index is 0.0655. The highest BCUT2D eigenvalue weighted by Crippen LogP contribution is 2.25. The molecule has 1 heterocycles. The molecule has 1 saturated carbocycles. The quantitative estimate of drug-likeness (QED) is 0.794. The fourth-order valence-electron chi connectivity index (χ4n) is 2.66. The molecule has 1 aromatic heterocycles. The number of carbonyl (C=O) groups excluding carboxylic acids is 1. The number of amides is 2. The van der Waals surface area contributed by atoms with Gasteiger partial charge in [-0.2, -0.15) is 0 Å². The van der Waals surface area contributed by atoms with Crippen molar-refractivity contribution < 1.29 is 9.53 Å². The first-order valence-electron chi connectivity index (χ1n) is 7.72. The zero-order chi connectivity index (χ0) is 15.1. The van der Waals surface area contributed by atoms with Gasteiger partial charge < -0.3 is 15.4 Å². The molecule has 3 atom stereocenters. The summed E-state index contributed by atoms with van der Waals surface area (Å²) in [5.74, 6) is 0.637. The molecule has 6 heteroatoms. The zero-order valence-corrected chi connectivity index (χ0v) is 13.6. The number of urea groups is 1. The van der Waals surface area contributed by atoms with Crippen LogP contribution in [0.25, 0.3) is 0 Å². The first-order chi connectivity index (χ1) is 10.2. The van der Waals surface area contributed by atoms with Crippen LogP contribution in [0.15, 0.2) is 11.6 Å². The van der Waals surface area contributed by atoms with Gasteiger partial charge >= 0.3 is 6.03 Å². The van der Waals surface area contributed by atoms with Crippen molar-refractivity contribution >= 4 is 17.4 Å². The topological polar surface area (TPSA) is 63.2 Å². The lowest BCUT2D eigenvalue weighted by Crippen LogP contribution is -2.39. The van der Waals surface area contributed by atoms with Crippen LogP contribution in [0.1, 0.15) is 50.6 Å². The van der Waals surface area contributed by atoms with Gasteiger partial charge in [0.1, 0.15) is 5.01 Å². The van der Waals surface area contributed by atoms with Gasteiger partial charge in [-0.1, -0.05) is 19.8 Å². The van der Waals surface area contributed by atoms with Gasteiger partial charge in [0.05, 0.1) is 18.8 Å². The third-order valence-corrected chi connectivity index (χ3v) is 4.88. The largest absolute Gasteiger partial charge is 0.376 e. The van der Waals surface area contributed by atoms with Crippen LogP contribution in [0.4, 0.5) is 4.79 Å². The van der Waals surface area contributed by atoms with Crippen LogP contribution in [0, 0.1) is 5.92 Å². The number of hydrogen-bond acceptors (Lipinski definition) is 4. The number of aromatic nitrogens is 1. The van der Waals surface area contributed by atoms with Crippen molar-refractivity contribution in [3.05, 3.63) is 16.6 Å². The number of carbonyl (C=O) groups is 1. The Balaban J connectivity index is 1.59. The lowest BCUT2D eigenvalue weighted by atomic mass is 9.88. The monoisotopic (exact) mass is 311 g/mol. The van der Waals surface area contributed by atoms with E-state index in [1.165, 1.54) is 19.3 Å². The van der Waals surface area contributed by atoms with Gasteiger partial charge in [-0.05, 0) is 25.7 Å². The molecule has 1 aromatic rings. The Morgan fingerprint density at radius 3 is 3.05 bits per heavy atom. The first kappa shape index (κ1) is 16.2. The van der Waals surface area contributed by atoms with Crippen molar-refractivity contribution in [2.24, 2.45) is 5.92 Å². The normalized spacial score (nSPS) is 23.5. The third-order valence-electron chi connectivity index (χ3n) is 3.92. The highest BCUT2D eigenvalue weighted by molar-refractivity contribution is 7.09. The summed E-state index contributed by atoms with van der Waals surface area (Å²) in [7, 11) is 0. The minimum Gasteiger partial charge on any atom is -0.376 e. The summed E-state index contributed by atoms with van der Waals surface area (Å²) in [6.45, 7) is 5.30. The van der Waals surface area contributed by atoms with Crippen molar-refractivity contribution in [1.82, 2.24) is 15.6 Å². The Bertz CT molecular complexity index is 425. The second kappa shape index (κ2) is 8.34. The van der Waals surface area contributed by atoms with Crippen molar-refractivity contribution in [3.8, 4) is 0 Å². The molecule has 5 nitrogen and oxygen atoms in total. The van der Waals surface area contributed by atoms with Gasteiger partial charge in [0.15, 0.2) is 0 Å². The predicted octanol–water partition coefficient (Wildman–Crippen LogP) is 3.10. The molecular weight excluding hydrogens is 286 g/mol. The lowest BCUT2D eigenvalue weighted by Gasteiger charge is -2.28. The van der Waals surface area contributed by atoms with Crippen molar-refractivity contribution in [3.63, 3.8) is 0 Å². The third kappa shape index (κ3) is 5.28. The molecule has 1 fully saturated rings. The molecule has 0 unspecified atom stereocenters. The summed E-state index contributed by atoms with van der Waals surface area (Å²) in [4.78, 5) is 15.9. The van der Waals surface area contributed by atoms with Crippen LogP contribution in [0.5, 0.6) is 0 Å². The Labute approximate surface area is 130 Å². The Hall–Kier alpha value is -1.14. The summed E-state index contributed by atoms with van der Waals surface area (Å²) < 4.78 is 5.87. The van der Waals surface area contributed by atoms with E-state index in [0.29, 0.717) is 25.2 Å². The van der Waals surface area contributed by atoms with E-state index in [0.717, 1.165) is 11.4 Å².